The summed E-state index contributed by atoms with van der Waals surface area (Å²) in [7, 11) is -3.62. The van der Waals surface area contributed by atoms with E-state index >= 15 is 0 Å². The number of aromatic nitrogens is 2. The van der Waals surface area contributed by atoms with E-state index in [1.54, 1.807) is 39.8 Å². The number of hydrogen-bond donors (Lipinski definition) is 1. The van der Waals surface area contributed by atoms with Gasteiger partial charge in [0.25, 0.3) is 0 Å². The Bertz CT molecular complexity index is 1290. The number of rotatable bonds is 10. The molecule has 0 aliphatic carbocycles. The summed E-state index contributed by atoms with van der Waals surface area (Å²) in [5, 5.41) is 0. The van der Waals surface area contributed by atoms with Crippen LogP contribution in [0.15, 0.2) is 30.3 Å². The van der Waals surface area contributed by atoms with Crippen molar-refractivity contribution in [2.75, 3.05) is 10.5 Å². The lowest BCUT2D eigenvalue weighted by molar-refractivity contribution is -0.290. The highest BCUT2D eigenvalue weighted by Crippen LogP contribution is 2.33. The fourth-order valence-electron chi connectivity index (χ4n) is 4.27. The van der Waals surface area contributed by atoms with Gasteiger partial charge in [0, 0.05) is 17.5 Å². The number of nitrogens with one attached hydrogen (secondary N) is 1. The number of carbonyl (C=O) groups excluding carboxylic acids is 1. The van der Waals surface area contributed by atoms with Crippen LogP contribution in [0.3, 0.4) is 0 Å². The summed E-state index contributed by atoms with van der Waals surface area (Å²) in [6, 6.07) is 5.81. The van der Waals surface area contributed by atoms with Crippen LogP contribution in [0.2, 0.25) is 0 Å². The zero-order chi connectivity index (χ0) is 29.0. The first-order valence-corrected chi connectivity index (χ1v) is 14.7. The number of nitrogens with zero attached hydrogens (tertiary/aromatic N) is 2. The van der Waals surface area contributed by atoms with Crippen molar-refractivity contribution in [1.82, 2.24) is 9.97 Å². The van der Waals surface area contributed by atoms with Crippen LogP contribution in [0.25, 0.3) is 17.3 Å². The number of anilines is 1. The predicted molar refractivity (Wildman–Crippen MR) is 148 cm³/mol. The zero-order valence-corrected chi connectivity index (χ0v) is 24.3. The SMILES string of the molecule is CCS(=O)(=O)Nc1nc(-c2ccc(F)cc2)c(/C=C/[C@@H]2C[C@H](CC(=O)OC(C)C)OC(C)(C)O2)c(C(C)C)n1. The maximum absolute atomic E-state index is 13.7. The molecular formula is C28H38FN3O6S. The van der Waals surface area contributed by atoms with Gasteiger partial charge in [0.15, 0.2) is 5.79 Å². The van der Waals surface area contributed by atoms with E-state index in [1.165, 1.54) is 19.1 Å². The van der Waals surface area contributed by atoms with E-state index in [-0.39, 0.29) is 36.1 Å². The number of halogens is 1. The summed E-state index contributed by atoms with van der Waals surface area (Å²) in [4.78, 5) is 21.3. The van der Waals surface area contributed by atoms with Crippen molar-refractivity contribution in [2.24, 2.45) is 0 Å². The molecule has 1 aromatic carbocycles. The van der Waals surface area contributed by atoms with Crippen LogP contribution >= 0.6 is 0 Å². The third-order valence-corrected chi connectivity index (χ3v) is 7.14. The first-order chi connectivity index (χ1) is 18.2. The largest absolute Gasteiger partial charge is 0.463 e. The van der Waals surface area contributed by atoms with Crippen LogP contribution in [0.1, 0.15) is 78.5 Å². The van der Waals surface area contributed by atoms with Gasteiger partial charge in [-0.05, 0) is 64.8 Å². The summed E-state index contributed by atoms with van der Waals surface area (Å²) in [6.45, 7) is 12.6. The van der Waals surface area contributed by atoms with E-state index in [0.717, 1.165) is 0 Å². The van der Waals surface area contributed by atoms with Crippen molar-refractivity contribution in [2.45, 2.75) is 91.3 Å². The number of benzene rings is 1. The van der Waals surface area contributed by atoms with Crippen molar-refractivity contribution in [3.63, 3.8) is 0 Å². The lowest BCUT2D eigenvalue weighted by atomic mass is 9.97. The topological polar surface area (TPSA) is 117 Å². The van der Waals surface area contributed by atoms with Gasteiger partial charge in [-0.15, -0.1) is 0 Å². The molecule has 2 aromatic rings. The highest BCUT2D eigenvalue weighted by Gasteiger charge is 2.36. The van der Waals surface area contributed by atoms with Crippen LogP contribution in [0.5, 0.6) is 0 Å². The molecule has 3 rings (SSSR count). The highest BCUT2D eigenvalue weighted by atomic mass is 32.2. The van der Waals surface area contributed by atoms with Gasteiger partial charge in [-0.3, -0.25) is 9.52 Å². The molecule has 39 heavy (non-hydrogen) atoms. The molecule has 1 N–H and O–H groups in total. The fraction of sp³-hybridized carbons (Fsp3) is 0.536. The molecular weight excluding hydrogens is 525 g/mol. The van der Waals surface area contributed by atoms with Gasteiger partial charge in [0.05, 0.1) is 41.9 Å². The smallest absolute Gasteiger partial charge is 0.308 e. The minimum atomic E-state index is -3.62. The van der Waals surface area contributed by atoms with E-state index in [2.05, 4.69) is 14.7 Å². The molecule has 0 saturated carbocycles. The maximum Gasteiger partial charge on any atom is 0.308 e. The molecule has 2 atom stereocenters. The Kier molecular flexibility index (Phi) is 9.84. The quantitative estimate of drug-likeness (QED) is 0.380. The van der Waals surface area contributed by atoms with Gasteiger partial charge in [-0.1, -0.05) is 26.0 Å². The molecule has 1 fully saturated rings. The maximum atomic E-state index is 13.7. The molecule has 1 aromatic heterocycles. The highest BCUT2D eigenvalue weighted by molar-refractivity contribution is 7.92. The van der Waals surface area contributed by atoms with Crippen molar-refractivity contribution in [1.29, 1.82) is 0 Å². The third-order valence-electron chi connectivity index (χ3n) is 5.89. The normalized spacial score (nSPS) is 19.5. The van der Waals surface area contributed by atoms with Crippen LogP contribution in [-0.2, 0) is 29.0 Å². The number of ether oxygens (including phenoxy) is 3. The minimum Gasteiger partial charge on any atom is -0.463 e. The molecule has 0 radical (unpaired) electrons. The van der Waals surface area contributed by atoms with Gasteiger partial charge >= 0.3 is 5.97 Å². The molecule has 1 aliphatic heterocycles. The van der Waals surface area contributed by atoms with E-state index in [0.29, 0.717) is 28.9 Å². The van der Waals surface area contributed by atoms with Crippen molar-refractivity contribution >= 4 is 28.0 Å². The van der Waals surface area contributed by atoms with Gasteiger partial charge < -0.3 is 14.2 Å². The molecule has 0 unspecified atom stereocenters. The molecule has 11 heteroatoms. The number of hydrogen-bond acceptors (Lipinski definition) is 8. The van der Waals surface area contributed by atoms with Crippen LogP contribution in [-0.4, -0.2) is 54.2 Å². The summed E-state index contributed by atoms with van der Waals surface area (Å²) in [5.74, 6) is -1.96. The van der Waals surface area contributed by atoms with Crippen molar-refractivity contribution in [3.8, 4) is 11.3 Å². The van der Waals surface area contributed by atoms with Crippen molar-refractivity contribution in [3.05, 3.63) is 47.4 Å². The fourth-order valence-corrected chi connectivity index (χ4v) is 4.78. The van der Waals surface area contributed by atoms with Gasteiger partial charge in [0.2, 0.25) is 16.0 Å². The molecule has 1 aliphatic rings. The summed E-state index contributed by atoms with van der Waals surface area (Å²) in [5.41, 5.74) is 2.31. The Morgan fingerprint density at radius 1 is 1.18 bits per heavy atom. The Hall–Kier alpha value is -2.89. The zero-order valence-electron chi connectivity index (χ0n) is 23.5. The molecule has 1 saturated heterocycles. The second-order valence-electron chi connectivity index (χ2n) is 10.5. The lowest BCUT2D eigenvalue weighted by Crippen LogP contribution is -2.44. The number of esters is 1. The number of sulfonamides is 1. The van der Waals surface area contributed by atoms with E-state index in [1.807, 2.05) is 26.0 Å². The minimum absolute atomic E-state index is 0.0517. The second kappa shape index (κ2) is 12.5. The van der Waals surface area contributed by atoms with Crippen LogP contribution in [0, 0.1) is 5.82 Å². The molecule has 2 heterocycles. The second-order valence-corrected chi connectivity index (χ2v) is 12.5. The van der Waals surface area contributed by atoms with Crippen LogP contribution < -0.4 is 4.72 Å². The summed E-state index contributed by atoms with van der Waals surface area (Å²) >= 11 is 0. The van der Waals surface area contributed by atoms with Crippen molar-refractivity contribution < 1.29 is 31.8 Å². The Morgan fingerprint density at radius 3 is 2.44 bits per heavy atom. The Labute approximate surface area is 230 Å². The molecule has 0 amide bonds. The Morgan fingerprint density at radius 2 is 1.85 bits per heavy atom. The number of carbonyl (C=O) groups is 1. The van der Waals surface area contributed by atoms with E-state index in [9.17, 15) is 17.6 Å². The first-order valence-electron chi connectivity index (χ1n) is 13.1. The Balaban J connectivity index is 2.02. The van der Waals surface area contributed by atoms with Gasteiger partial charge in [-0.25, -0.2) is 22.8 Å². The molecule has 214 valence electrons. The molecule has 0 spiro atoms. The third kappa shape index (κ3) is 8.81. The molecule has 0 bridgehead atoms. The van der Waals surface area contributed by atoms with E-state index < -0.39 is 33.8 Å². The predicted octanol–water partition coefficient (Wildman–Crippen LogP) is 5.43. The van der Waals surface area contributed by atoms with Crippen LogP contribution in [0.4, 0.5) is 10.3 Å². The summed E-state index contributed by atoms with van der Waals surface area (Å²) in [6.07, 6.45) is 3.20. The van der Waals surface area contributed by atoms with Gasteiger partial charge in [0.1, 0.15) is 5.82 Å². The average molecular weight is 564 g/mol. The lowest BCUT2D eigenvalue weighted by Gasteiger charge is -2.39. The standard InChI is InChI=1S/C28H38FN3O6S/c1-8-39(34,35)32-27-30-25(17(2)3)23(26(31-27)19-9-11-20(29)12-10-19)14-13-21-15-22(38-28(6,7)37-21)16-24(33)36-18(4)5/h9-14,17-18,21-22H,8,15-16H2,1-7H3,(H,30,31,32)/b14-13+/t21-,22-/m1/s1. The van der Waals surface area contributed by atoms with E-state index in [4.69, 9.17) is 14.2 Å². The average Bonchev–Trinajstić information content (AvgIpc) is 2.81. The monoisotopic (exact) mass is 563 g/mol. The summed E-state index contributed by atoms with van der Waals surface area (Å²) < 4.78 is 58.1. The molecule has 9 nitrogen and oxygen atoms in total. The first kappa shape index (κ1) is 30.6. The van der Waals surface area contributed by atoms with Gasteiger partial charge in [-0.2, -0.15) is 0 Å².